The third kappa shape index (κ3) is 0.919. The van der Waals surface area contributed by atoms with Gasteiger partial charge in [0.05, 0.1) is 4.32 Å². The third-order valence-electron chi connectivity index (χ3n) is 2.85. The van der Waals surface area contributed by atoms with E-state index in [2.05, 4.69) is 50.6 Å². The first-order valence-electron chi connectivity index (χ1n) is 3.81. The molecule has 0 unspecified atom stereocenters. The lowest BCUT2D eigenvalue weighted by Gasteiger charge is -2.28. The molecule has 11 heavy (non-hydrogen) atoms. The lowest BCUT2D eigenvalue weighted by molar-refractivity contribution is 0.619. The van der Waals surface area contributed by atoms with Gasteiger partial charge in [-0.2, -0.15) is 0 Å². The van der Waals surface area contributed by atoms with Gasteiger partial charge in [0.1, 0.15) is 0 Å². The molecule has 2 aliphatic carbocycles. The van der Waals surface area contributed by atoms with Crippen LogP contribution in [0.4, 0.5) is 0 Å². The highest BCUT2D eigenvalue weighted by molar-refractivity contribution is 9.12. The van der Waals surface area contributed by atoms with Crippen molar-refractivity contribution in [3.8, 4) is 0 Å². The first-order valence-corrected chi connectivity index (χ1v) is 5.72. The fraction of sp³-hybridized carbons (Fsp3) is 0.556. The SMILES string of the molecule is C=C1[C@@H]2C=C[C@@H](C2)[C@]1(Br)CBr. The van der Waals surface area contributed by atoms with Gasteiger partial charge in [-0.1, -0.05) is 56.2 Å². The van der Waals surface area contributed by atoms with Gasteiger partial charge < -0.3 is 0 Å². The summed E-state index contributed by atoms with van der Waals surface area (Å²) >= 11 is 7.30. The van der Waals surface area contributed by atoms with Crippen LogP contribution < -0.4 is 0 Å². The van der Waals surface area contributed by atoms with Gasteiger partial charge in [-0.05, 0) is 18.3 Å². The molecule has 0 radical (unpaired) electrons. The largest absolute Gasteiger partial charge is 0.0978 e. The van der Waals surface area contributed by atoms with E-state index < -0.39 is 0 Å². The van der Waals surface area contributed by atoms with E-state index in [1.54, 1.807) is 0 Å². The summed E-state index contributed by atoms with van der Waals surface area (Å²) in [4.78, 5) is 0. The Morgan fingerprint density at radius 1 is 1.64 bits per heavy atom. The zero-order chi connectivity index (χ0) is 8.06. The van der Waals surface area contributed by atoms with Gasteiger partial charge in [-0.15, -0.1) is 0 Å². The molecule has 3 atom stereocenters. The third-order valence-corrected chi connectivity index (χ3v) is 5.86. The van der Waals surface area contributed by atoms with E-state index in [4.69, 9.17) is 0 Å². The number of alkyl halides is 2. The quantitative estimate of drug-likeness (QED) is 0.510. The Labute approximate surface area is 84.0 Å². The highest BCUT2D eigenvalue weighted by Crippen LogP contribution is 2.54. The zero-order valence-electron chi connectivity index (χ0n) is 6.19. The molecule has 0 N–H and O–H groups in total. The summed E-state index contributed by atoms with van der Waals surface area (Å²) in [5.41, 5.74) is 1.35. The summed E-state index contributed by atoms with van der Waals surface area (Å²) in [7, 11) is 0. The summed E-state index contributed by atoms with van der Waals surface area (Å²) in [6, 6.07) is 0. The van der Waals surface area contributed by atoms with Crippen molar-refractivity contribution >= 4 is 31.9 Å². The first kappa shape index (κ1) is 8.06. The average Bonchev–Trinajstić information content (AvgIpc) is 2.56. The molecule has 2 heteroatoms. The second kappa shape index (κ2) is 2.46. The van der Waals surface area contributed by atoms with Gasteiger partial charge in [0, 0.05) is 5.33 Å². The van der Waals surface area contributed by atoms with Crippen molar-refractivity contribution in [3.05, 3.63) is 24.3 Å². The van der Waals surface area contributed by atoms with E-state index >= 15 is 0 Å². The van der Waals surface area contributed by atoms with Gasteiger partial charge >= 0.3 is 0 Å². The van der Waals surface area contributed by atoms with Crippen LogP contribution in [0.3, 0.4) is 0 Å². The number of halogens is 2. The van der Waals surface area contributed by atoms with Crippen LogP contribution in [0, 0.1) is 11.8 Å². The van der Waals surface area contributed by atoms with Gasteiger partial charge in [-0.3, -0.25) is 0 Å². The molecular weight excluding hydrogens is 268 g/mol. The van der Waals surface area contributed by atoms with Crippen LogP contribution in [-0.2, 0) is 0 Å². The minimum Gasteiger partial charge on any atom is -0.0978 e. The van der Waals surface area contributed by atoms with Crippen LogP contribution in [0.5, 0.6) is 0 Å². The molecule has 1 saturated carbocycles. The number of allylic oxidation sites excluding steroid dienone is 3. The Morgan fingerprint density at radius 3 is 2.73 bits per heavy atom. The van der Waals surface area contributed by atoms with Crippen LogP contribution in [0.1, 0.15) is 6.42 Å². The van der Waals surface area contributed by atoms with E-state index in [0.717, 1.165) is 5.33 Å². The Bertz CT molecular complexity index is 232. The monoisotopic (exact) mass is 276 g/mol. The molecule has 0 amide bonds. The molecule has 2 aliphatic rings. The van der Waals surface area contributed by atoms with Crippen molar-refractivity contribution in [1.29, 1.82) is 0 Å². The fourth-order valence-corrected chi connectivity index (χ4v) is 3.44. The first-order chi connectivity index (χ1) is 5.18. The van der Waals surface area contributed by atoms with Crippen molar-refractivity contribution in [3.63, 3.8) is 0 Å². The fourth-order valence-electron chi connectivity index (χ4n) is 2.03. The Balaban J connectivity index is 2.38. The number of rotatable bonds is 1. The predicted octanol–water partition coefficient (Wildman–Crippen LogP) is 3.28. The summed E-state index contributed by atoms with van der Waals surface area (Å²) in [5, 5.41) is 0.977. The maximum atomic E-state index is 4.13. The maximum absolute atomic E-state index is 4.13. The summed E-state index contributed by atoms with van der Waals surface area (Å²) in [6.07, 6.45) is 5.86. The number of hydrogen-bond donors (Lipinski definition) is 0. The smallest absolute Gasteiger partial charge is 0.0628 e. The maximum Gasteiger partial charge on any atom is 0.0628 e. The molecule has 0 heterocycles. The second-order valence-electron chi connectivity index (χ2n) is 3.35. The standard InChI is InChI=1S/C9H10Br2/c1-6-7-2-3-8(4-7)9(6,11)5-10/h2-3,7-8H,1,4-5H2/t7-,8+,9+/m1/s1. The van der Waals surface area contributed by atoms with Gasteiger partial charge in [0.15, 0.2) is 0 Å². The highest BCUT2D eigenvalue weighted by Gasteiger charge is 2.48. The van der Waals surface area contributed by atoms with E-state index in [1.807, 2.05) is 0 Å². The minimum absolute atomic E-state index is 0.159. The van der Waals surface area contributed by atoms with Gasteiger partial charge in [0.2, 0.25) is 0 Å². The second-order valence-corrected chi connectivity index (χ2v) is 5.33. The van der Waals surface area contributed by atoms with E-state index in [-0.39, 0.29) is 4.32 Å². The number of fused-ring (bicyclic) bond motifs is 2. The molecule has 0 nitrogen and oxygen atoms in total. The topological polar surface area (TPSA) is 0 Å². The van der Waals surface area contributed by atoms with Crippen molar-refractivity contribution in [2.75, 3.05) is 5.33 Å². The van der Waals surface area contributed by atoms with Crippen LogP contribution in [0.25, 0.3) is 0 Å². The lowest BCUT2D eigenvalue weighted by atomic mass is 9.91. The predicted molar refractivity (Wildman–Crippen MR) is 55.3 cm³/mol. The molecule has 0 aromatic heterocycles. The van der Waals surface area contributed by atoms with Gasteiger partial charge in [0.25, 0.3) is 0 Å². The van der Waals surface area contributed by atoms with Crippen molar-refractivity contribution < 1.29 is 0 Å². The molecular formula is C9H10Br2. The molecule has 0 aromatic carbocycles. The zero-order valence-corrected chi connectivity index (χ0v) is 9.36. The lowest BCUT2D eigenvalue weighted by Crippen LogP contribution is -2.29. The molecule has 2 rings (SSSR count). The molecule has 0 spiro atoms. The van der Waals surface area contributed by atoms with Crippen LogP contribution in [0.2, 0.25) is 0 Å². The average molecular weight is 278 g/mol. The molecule has 2 bridgehead atoms. The highest BCUT2D eigenvalue weighted by atomic mass is 79.9. The van der Waals surface area contributed by atoms with Crippen LogP contribution in [-0.4, -0.2) is 9.65 Å². The summed E-state index contributed by atoms with van der Waals surface area (Å²) in [6.45, 7) is 4.13. The van der Waals surface area contributed by atoms with Crippen molar-refractivity contribution in [1.82, 2.24) is 0 Å². The van der Waals surface area contributed by atoms with Crippen molar-refractivity contribution in [2.45, 2.75) is 10.7 Å². The van der Waals surface area contributed by atoms with E-state index in [9.17, 15) is 0 Å². The molecule has 0 aromatic rings. The van der Waals surface area contributed by atoms with Crippen LogP contribution >= 0.6 is 31.9 Å². The van der Waals surface area contributed by atoms with Crippen molar-refractivity contribution in [2.24, 2.45) is 11.8 Å². The summed E-state index contributed by atoms with van der Waals surface area (Å²) < 4.78 is 0.159. The normalized spacial score (nSPS) is 47.3. The van der Waals surface area contributed by atoms with Gasteiger partial charge in [-0.25, -0.2) is 0 Å². The Morgan fingerprint density at radius 2 is 2.36 bits per heavy atom. The Hall–Kier alpha value is 0.440. The summed E-state index contributed by atoms with van der Waals surface area (Å²) in [5.74, 6) is 1.30. The molecule has 0 saturated heterocycles. The van der Waals surface area contributed by atoms with E-state index in [1.165, 1.54) is 12.0 Å². The molecule has 0 aliphatic heterocycles. The minimum atomic E-state index is 0.159. The molecule has 60 valence electrons. The number of hydrogen-bond acceptors (Lipinski definition) is 0. The Kier molecular flexibility index (Phi) is 1.80. The van der Waals surface area contributed by atoms with E-state index in [0.29, 0.717) is 11.8 Å². The van der Waals surface area contributed by atoms with Crippen LogP contribution in [0.15, 0.2) is 24.3 Å². The molecule has 1 fully saturated rings.